The smallest absolute Gasteiger partial charge is 0.744 e. The van der Waals surface area contributed by atoms with Crippen LogP contribution in [0.15, 0.2) is 47.4 Å². The number of benzene rings is 2. The Morgan fingerprint density at radius 2 is 1.73 bits per heavy atom. The molecule has 112 valence electrons. The molecule has 22 heavy (non-hydrogen) atoms. The van der Waals surface area contributed by atoms with Gasteiger partial charge in [-0.15, -0.1) is 0 Å². The molecule has 0 saturated heterocycles. The van der Waals surface area contributed by atoms with Crippen LogP contribution < -0.4 is 29.6 Å². The topological polar surface area (TPSA) is 77.4 Å². The van der Waals surface area contributed by atoms with Crippen molar-refractivity contribution < 1.29 is 47.6 Å². The van der Waals surface area contributed by atoms with Crippen LogP contribution in [-0.2, 0) is 16.5 Å². The molecule has 0 radical (unpaired) electrons. The average molecular weight is 328 g/mol. The molecule has 0 spiro atoms. The van der Waals surface area contributed by atoms with E-state index in [-0.39, 0.29) is 35.1 Å². The zero-order valence-electron chi connectivity index (χ0n) is 12.7. The van der Waals surface area contributed by atoms with E-state index in [4.69, 9.17) is 0 Å². The number of phenolic OH excluding ortho intramolecular Hbond substituents is 1. The fraction of sp³-hybridized carbons (Fsp3) is 0.250. The molecule has 0 aromatic heterocycles. The molecule has 0 fully saturated rings. The van der Waals surface area contributed by atoms with Gasteiger partial charge in [0.2, 0.25) is 0 Å². The zero-order valence-corrected chi connectivity index (χ0v) is 15.6. The Hall–Kier alpha value is -0.850. The quantitative estimate of drug-likeness (QED) is 0.633. The minimum atomic E-state index is -4.76. The molecule has 0 unspecified atom stereocenters. The first-order chi connectivity index (χ1) is 9.95. The molecule has 0 bridgehead atoms. The van der Waals surface area contributed by atoms with Crippen LogP contribution in [0.4, 0.5) is 0 Å². The summed E-state index contributed by atoms with van der Waals surface area (Å²) in [6, 6.07) is 12.0. The third-order valence-electron chi connectivity index (χ3n) is 3.35. The molecule has 0 atom stereocenters. The summed E-state index contributed by atoms with van der Waals surface area (Å²) >= 11 is 0. The summed E-state index contributed by atoms with van der Waals surface area (Å²) in [5.74, 6) is -0.417. The van der Waals surface area contributed by atoms with Crippen molar-refractivity contribution in [2.75, 3.05) is 0 Å². The van der Waals surface area contributed by atoms with Gasteiger partial charge in [-0.05, 0) is 24.0 Å². The summed E-state index contributed by atoms with van der Waals surface area (Å²) in [6.45, 7) is 2.00. The normalized spacial score (nSPS) is 11.0. The first-order valence-corrected chi connectivity index (χ1v) is 8.22. The molecule has 2 rings (SSSR count). The van der Waals surface area contributed by atoms with Crippen molar-refractivity contribution in [3.05, 3.63) is 48.0 Å². The largest absolute Gasteiger partial charge is 1.00 e. The Bertz CT molecular complexity index is 727. The Morgan fingerprint density at radius 3 is 2.27 bits per heavy atom. The van der Waals surface area contributed by atoms with Crippen LogP contribution in [0, 0.1) is 0 Å². The van der Waals surface area contributed by atoms with E-state index in [1.165, 1.54) is 0 Å². The first-order valence-electron chi connectivity index (χ1n) is 6.81. The van der Waals surface area contributed by atoms with Crippen molar-refractivity contribution in [3.8, 4) is 16.9 Å². The molecule has 0 aliphatic rings. The van der Waals surface area contributed by atoms with Crippen LogP contribution >= 0.6 is 0 Å². The van der Waals surface area contributed by atoms with Crippen molar-refractivity contribution in [2.24, 2.45) is 0 Å². The molecular weight excluding hydrogens is 311 g/mol. The van der Waals surface area contributed by atoms with E-state index in [2.05, 4.69) is 0 Å². The van der Waals surface area contributed by atoms with E-state index >= 15 is 0 Å². The van der Waals surface area contributed by atoms with Crippen LogP contribution in [0.5, 0.6) is 5.75 Å². The van der Waals surface area contributed by atoms with Gasteiger partial charge in [-0.3, -0.25) is 0 Å². The van der Waals surface area contributed by atoms with Gasteiger partial charge in [0.05, 0.1) is 0 Å². The molecule has 0 heterocycles. The van der Waals surface area contributed by atoms with Gasteiger partial charge in [-0.2, -0.15) is 0 Å². The third kappa shape index (κ3) is 4.33. The Labute approximate surface area is 153 Å². The van der Waals surface area contributed by atoms with Gasteiger partial charge in [-0.1, -0.05) is 55.8 Å². The summed E-state index contributed by atoms with van der Waals surface area (Å²) in [5, 5.41) is 10.2. The maximum Gasteiger partial charge on any atom is 1.00 e. The van der Waals surface area contributed by atoms with Crippen LogP contribution in [0.3, 0.4) is 0 Å². The number of hydrogen-bond donors (Lipinski definition) is 1. The maximum atomic E-state index is 11.6. The molecule has 0 aliphatic carbocycles. The standard InChI is InChI=1S/C16H18O4S.Na/c1-2-3-7-13-10-11-14(12-8-5-4-6-9-12)16(15(13)17)21(18,19)20;/h4-6,8-11,17H,2-3,7H2,1H3,(H,18,19,20);/q;+1/p-1. The van der Waals surface area contributed by atoms with Crippen LogP contribution in [0.2, 0.25) is 0 Å². The summed E-state index contributed by atoms with van der Waals surface area (Å²) in [6.07, 6.45) is 2.27. The fourth-order valence-corrected chi connectivity index (χ4v) is 3.10. The number of phenols is 1. The first kappa shape index (κ1) is 19.2. The van der Waals surface area contributed by atoms with Gasteiger partial charge >= 0.3 is 29.6 Å². The molecule has 2 aromatic carbocycles. The van der Waals surface area contributed by atoms with Gasteiger partial charge < -0.3 is 9.66 Å². The summed E-state index contributed by atoms with van der Waals surface area (Å²) < 4.78 is 34.7. The number of hydrogen-bond acceptors (Lipinski definition) is 4. The van der Waals surface area contributed by atoms with E-state index in [1.54, 1.807) is 42.5 Å². The van der Waals surface area contributed by atoms with Gasteiger partial charge in [0.1, 0.15) is 20.8 Å². The summed E-state index contributed by atoms with van der Waals surface area (Å²) in [5.41, 5.74) is 1.32. The summed E-state index contributed by atoms with van der Waals surface area (Å²) in [4.78, 5) is -0.526. The SMILES string of the molecule is CCCCc1ccc(-c2ccccc2)c(S(=O)(=O)[O-])c1O.[Na+]. The van der Waals surface area contributed by atoms with Gasteiger partial charge in [0.15, 0.2) is 0 Å². The molecule has 6 heteroatoms. The Morgan fingerprint density at radius 1 is 1.09 bits per heavy atom. The van der Waals surface area contributed by atoms with E-state index in [0.717, 1.165) is 12.8 Å². The monoisotopic (exact) mass is 328 g/mol. The molecule has 2 aromatic rings. The van der Waals surface area contributed by atoms with E-state index in [9.17, 15) is 18.1 Å². The number of unbranched alkanes of at least 4 members (excludes halogenated alkanes) is 1. The van der Waals surface area contributed by atoms with E-state index in [0.29, 0.717) is 17.5 Å². The third-order valence-corrected chi connectivity index (χ3v) is 4.26. The molecule has 1 N–H and O–H groups in total. The van der Waals surface area contributed by atoms with Gasteiger partial charge in [0.25, 0.3) is 0 Å². The van der Waals surface area contributed by atoms with Crippen LogP contribution in [0.1, 0.15) is 25.3 Å². The zero-order chi connectivity index (χ0) is 15.5. The number of aryl methyl sites for hydroxylation is 1. The minimum Gasteiger partial charge on any atom is -0.744 e. The molecule has 0 aliphatic heterocycles. The predicted octanol–water partition coefficient (Wildman–Crippen LogP) is 0.310. The second-order valence-corrected chi connectivity index (χ2v) is 6.19. The van der Waals surface area contributed by atoms with Crippen molar-refractivity contribution in [2.45, 2.75) is 31.1 Å². The predicted molar refractivity (Wildman–Crippen MR) is 80.1 cm³/mol. The summed E-state index contributed by atoms with van der Waals surface area (Å²) in [7, 11) is -4.76. The maximum absolute atomic E-state index is 11.6. The second-order valence-electron chi connectivity index (χ2n) is 4.87. The Kier molecular flexibility index (Phi) is 7.09. The van der Waals surface area contributed by atoms with Crippen molar-refractivity contribution >= 4 is 10.1 Å². The van der Waals surface area contributed by atoms with Gasteiger partial charge in [-0.25, -0.2) is 8.42 Å². The molecule has 0 saturated carbocycles. The minimum absolute atomic E-state index is 0. The fourth-order valence-electron chi connectivity index (χ4n) is 2.28. The second kappa shape index (κ2) is 8.13. The molecule has 4 nitrogen and oxygen atoms in total. The molecule has 0 amide bonds. The van der Waals surface area contributed by atoms with E-state index in [1.807, 2.05) is 6.92 Å². The van der Waals surface area contributed by atoms with Crippen molar-refractivity contribution in [3.63, 3.8) is 0 Å². The molecular formula is C16H17NaO4S. The number of aromatic hydroxyl groups is 1. The van der Waals surface area contributed by atoms with Crippen LogP contribution in [0.25, 0.3) is 11.1 Å². The Balaban J connectivity index is 0.00000242. The average Bonchev–Trinajstić information content (AvgIpc) is 2.45. The van der Waals surface area contributed by atoms with Crippen molar-refractivity contribution in [1.29, 1.82) is 0 Å². The van der Waals surface area contributed by atoms with E-state index < -0.39 is 20.8 Å². The van der Waals surface area contributed by atoms with Gasteiger partial charge in [0, 0.05) is 5.56 Å². The van der Waals surface area contributed by atoms with Crippen molar-refractivity contribution in [1.82, 2.24) is 0 Å². The number of rotatable bonds is 5. The van der Waals surface area contributed by atoms with Crippen LogP contribution in [-0.4, -0.2) is 18.1 Å².